The summed E-state index contributed by atoms with van der Waals surface area (Å²) in [6.45, 7) is 14.5. The molecule has 7 heteroatoms. The van der Waals surface area contributed by atoms with Gasteiger partial charge < -0.3 is 20.3 Å². The van der Waals surface area contributed by atoms with Crippen molar-refractivity contribution in [2.45, 2.75) is 45.7 Å². The van der Waals surface area contributed by atoms with Gasteiger partial charge in [-0.15, -0.1) is 24.0 Å². The van der Waals surface area contributed by atoms with E-state index in [1.54, 1.807) is 0 Å². The molecule has 2 N–H and O–H groups in total. The Balaban J connectivity index is 0.00000450. The predicted octanol–water partition coefficient (Wildman–Crippen LogP) is 3.35. The normalized spacial score (nSPS) is 17.3. The van der Waals surface area contributed by atoms with Crippen molar-refractivity contribution < 1.29 is 4.74 Å². The maximum absolute atomic E-state index is 5.55. The molecule has 0 aliphatic carbocycles. The number of ether oxygens (including phenoxy) is 1. The van der Waals surface area contributed by atoms with Crippen LogP contribution in [0.15, 0.2) is 35.3 Å². The lowest BCUT2D eigenvalue weighted by atomic mass is 10.0. The molecule has 1 saturated heterocycles. The van der Waals surface area contributed by atoms with Crippen molar-refractivity contribution in [3.8, 4) is 0 Å². The SMILES string of the molecule is CCN(CC)CCCC(C)NC(=NC)NCC(c1ccccc1)N1CCOCC1.I. The van der Waals surface area contributed by atoms with Crippen LogP contribution in [-0.4, -0.2) is 81.3 Å². The number of aliphatic imine (C=N–C) groups is 1. The first kappa shape index (κ1) is 27.1. The summed E-state index contributed by atoms with van der Waals surface area (Å²) in [6, 6.07) is 11.5. The molecular formula is C23H42IN5O. The Kier molecular flexibility index (Phi) is 14.3. The van der Waals surface area contributed by atoms with Gasteiger partial charge >= 0.3 is 0 Å². The molecule has 2 unspecified atom stereocenters. The molecule has 1 fully saturated rings. The molecule has 2 rings (SSSR count). The van der Waals surface area contributed by atoms with E-state index in [0.29, 0.717) is 12.1 Å². The fourth-order valence-electron chi connectivity index (χ4n) is 3.88. The maximum atomic E-state index is 5.55. The van der Waals surface area contributed by atoms with E-state index in [1.807, 2.05) is 7.05 Å². The number of halogens is 1. The van der Waals surface area contributed by atoms with Crippen LogP contribution in [-0.2, 0) is 4.74 Å². The minimum atomic E-state index is 0. The van der Waals surface area contributed by atoms with Gasteiger partial charge in [0.1, 0.15) is 0 Å². The van der Waals surface area contributed by atoms with Crippen LogP contribution in [0.4, 0.5) is 0 Å². The van der Waals surface area contributed by atoms with Crippen molar-refractivity contribution in [1.82, 2.24) is 20.4 Å². The third kappa shape index (κ3) is 9.49. The lowest BCUT2D eigenvalue weighted by Gasteiger charge is -2.35. The summed E-state index contributed by atoms with van der Waals surface area (Å²) in [4.78, 5) is 9.44. The molecule has 0 spiro atoms. The van der Waals surface area contributed by atoms with Gasteiger partial charge in [-0.3, -0.25) is 9.89 Å². The molecule has 172 valence electrons. The molecule has 1 aromatic carbocycles. The average Bonchev–Trinajstić information content (AvgIpc) is 2.77. The zero-order chi connectivity index (χ0) is 20.9. The molecule has 0 bridgehead atoms. The highest BCUT2D eigenvalue weighted by molar-refractivity contribution is 14.0. The average molecular weight is 532 g/mol. The van der Waals surface area contributed by atoms with Crippen molar-refractivity contribution >= 4 is 29.9 Å². The van der Waals surface area contributed by atoms with Crippen LogP contribution in [0.3, 0.4) is 0 Å². The Hall–Kier alpha value is -0.900. The lowest BCUT2D eigenvalue weighted by molar-refractivity contribution is 0.0170. The summed E-state index contributed by atoms with van der Waals surface area (Å²) in [5.41, 5.74) is 1.34. The van der Waals surface area contributed by atoms with E-state index in [9.17, 15) is 0 Å². The number of nitrogens with zero attached hydrogens (tertiary/aromatic N) is 3. The monoisotopic (exact) mass is 531 g/mol. The van der Waals surface area contributed by atoms with Crippen LogP contribution in [0.1, 0.15) is 45.2 Å². The Bertz CT molecular complexity index is 576. The highest BCUT2D eigenvalue weighted by atomic mass is 127. The molecule has 1 aliphatic heterocycles. The van der Waals surface area contributed by atoms with E-state index < -0.39 is 0 Å². The number of benzene rings is 1. The van der Waals surface area contributed by atoms with Crippen LogP contribution in [0, 0.1) is 0 Å². The molecule has 6 nitrogen and oxygen atoms in total. The van der Waals surface area contributed by atoms with Gasteiger partial charge in [0.05, 0.1) is 19.3 Å². The highest BCUT2D eigenvalue weighted by Gasteiger charge is 2.22. The van der Waals surface area contributed by atoms with Crippen molar-refractivity contribution in [1.29, 1.82) is 0 Å². The minimum absolute atomic E-state index is 0. The number of nitrogens with one attached hydrogen (secondary N) is 2. The highest BCUT2D eigenvalue weighted by Crippen LogP contribution is 2.21. The molecule has 0 radical (unpaired) electrons. The molecule has 0 amide bonds. The molecule has 0 saturated carbocycles. The van der Waals surface area contributed by atoms with Gasteiger partial charge in [0.2, 0.25) is 0 Å². The quantitative estimate of drug-likeness (QED) is 0.261. The van der Waals surface area contributed by atoms with Gasteiger partial charge in [-0.2, -0.15) is 0 Å². The smallest absolute Gasteiger partial charge is 0.191 e. The summed E-state index contributed by atoms with van der Waals surface area (Å²) in [6.07, 6.45) is 2.34. The Morgan fingerprint density at radius 1 is 1.17 bits per heavy atom. The van der Waals surface area contributed by atoms with E-state index in [-0.39, 0.29) is 24.0 Å². The maximum Gasteiger partial charge on any atom is 0.191 e. The number of guanidine groups is 1. The van der Waals surface area contributed by atoms with Gasteiger partial charge in [0.15, 0.2) is 5.96 Å². The fraction of sp³-hybridized carbons (Fsp3) is 0.696. The Morgan fingerprint density at radius 3 is 2.43 bits per heavy atom. The van der Waals surface area contributed by atoms with E-state index in [0.717, 1.165) is 64.9 Å². The number of hydrogen-bond donors (Lipinski definition) is 2. The predicted molar refractivity (Wildman–Crippen MR) is 138 cm³/mol. The summed E-state index contributed by atoms with van der Waals surface area (Å²) >= 11 is 0. The van der Waals surface area contributed by atoms with Crippen molar-refractivity contribution in [2.75, 3.05) is 59.5 Å². The van der Waals surface area contributed by atoms with Crippen LogP contribution in [0.25, 0.3) is 0 Å². The van der Waals surface area contributed by atoms with Crippen LogP contribution < -0.4 is 10.6 Å². The van der Waals surface area contributed by atoms with Crippen LogP contribution in [0.2, 0.25) is 0 Å². The first-order valence-electron chi connectivity index (χ1n) is 11.2. The summed E-state index contributed by atoms with van der Waals surface area (Å²) in [7, 11) is 1.85. The van der Waals surface area contributed by atoms with E-state index in [2.05, 4.69) is 76.5 Å². The largest absolute Gasteiger partial charge is 0.379 e. The minimum Gasteiger partial charge on any atom is -0.379 e. The first-order chi connectivity index (χ1) is 14.2. The number of rotatable bonds is 11. The molecule has 1 aromatic rings. The molecule has 1 heterocycles. The summed E-state index contributed by atoms with van der Waals surface area (Å²) in [5, 5.41) is 7.13. The van der Waals surface area contributed by atoms with Gasteiger partial charge in [-0.1, -0.05) is 44.2 Å². The molecule has 30 heavy (non-hydrogen) atoms. The van der Waals surface area contributed by atoms with Crippen molar-refractivity contribution in [2.24, 2.45) is 4.99 Å². The van der Waals surface area contributed by atoms with Gasteiger partial charge in [-0.05, 0) is 45.0 Å². The first-order valence-corrected chi connectivity index (χ1v) is 11.2. The number of hydrogen-bond acceptors (Lipinski definition) is 4. The van der Waals surface area contributed by atoms with Gasteiger partial charge in [-0.25, -0.2) is 0 Å². The van der Waals surface area contributed by atoms with Crippen LogP contribution in [0.5, 0.6) is 0 Å². The summed E-state index contributed by atoms with van der Waals surface area (Å²) < 4.78 is 5.55. The molecule has 0 aromatic heterocycles. The standard InChI is InChI=1S/C23H41N5O.HI/c1-5-27(6-2)14-10-11-20(3)26-23(24-4)25-19-22(21-12-8-7-9-13-21)28-15-17-29-18-16-28;/h7-9,12-13,20,22H,5-6,10-11,14-19H2,1-4H3,(H2,24,25,26);1H. The number of morpholine rings is 1. The zero-order valence-electron chi connectivity index (χ0n) is 19.3. The second-order valence-corrected chi connectivity index (χ2v) is 7.74. The lowest BCUT2D eigenvalue weighted by Crippen LogP contribution is -2.48. The summed E-state index contributed by atoms with van der Waals surface area (Å²) in [5.74, 6) is 0.884. The van der Waals surface area contributed by atoms with E-state index in [1.165, 1.54) is 12.0 Å². The fourth-order valence-corrected chi connectivity index (χ4v) is 3.88. The Labute approximate surface area is 200 Å². The van der Waals surface area contributed by atoms with Crippen LogP contribution >= 0.6 is 24.0 Å². The molecule has 2 atom stereocenters. The van der Waals surface area contributed by atoms with Crippen molar-refractivity contribution in [3.63, 3.8) is 0 Å². The second kappa shape index (κ2) is 15.8. The molecular weight excluding hydrogens is 489 g/mol. The second-order valence-electron chi connectivity index (χ2n) is 7.74. The third-order valence-electron chi connectivity index (χ3n) is 5.75. The van der Waals surface area contributed by atoms with Gasteiger partial charge in [0, 0.05) is 32.7 Å². The van der Waals surface area contributed by atoms with Crippen molar-refractivity contribution in [3.05, 3.63) is 35.9 Å². The zero-order valence-corrected chi connectivity index (χ0v) is 21.6. The van der Waals surface area contributed by atoms with Gasteiger partial charge in [0.25, 0.3) is 0 Å². The Morgan fingerprint density at radius 2 is 1.83 bits per heavy atom. The van der Waals surface area contributed by atoms with E-state index in [4.69, 9.17) is 4.74 Å². The topological polar surface area (TPSA) is 52.1 Å². The third-order valence-corrected chi connectivity index (χ3v) is 5.75. The van der Waals surface area contributed by atoms with E-state index >= 15 is 0 Å². The molecule has 1 aliphatic rings.